The smallest absolute Gasteiger partial charge is 0.120 e. The van der Waals surface area contributed by atoms with Crippen molar-refractivity contribution in [3.05, 3.63) is 23.8 Å². The molecule has 0 unspecified atom stereocenters. The third kappa shape index (κ3) is 2.86. The van der Waals surface area contributed by atoms with E-state index in [4.69, 9.17) is 10.6 Å². The Morgan fingerprint density at radius 1 is 1.40 bits per heavy atom. The molecule has 2 N–H and O–H groups in total. The van der Waals surface area contributed by atoms with Gasteiger partial charge in [-0.25, -0.2) is 5.84 Å². The van der Waals surface area contributed by atoms with E-state index in [0.717, 1.165) is 24.4 Å². The van der Waals surface area contributed by atoms with Crippen LogP contribution >= 0.6 is 0 Å². The summed E-state index contributed by atoms with van der Waals surface area (Å²) >= 11 is 0. The summed E-state index contributed by atoms with van der Waals surface area (Å²) in [6.45, 7) is 5.16. The highest BCUT2D eigenvalue weighted by Gasteiger charge is 2.16. The lowest BCUT2D eigenvalue weighted by Gasteiger charge is -2.11. The highest BCUT2D eigenvalue weighted by molar-refractivity contribution is 5.59. The standard InChI is InChI=1S/C9H12N2O.C3H8/c1-12-8-3-2-7-4-5-11(10)9(7)6-8;1-3-2/h2-3,6H,4-5,10H2,1H3;3H2,1-2H3. The van der Waals surface area contributed by atoms with Crippen LogP contribution in [-0.4, -0.2) is 13.7 Å². The lowest BCUT2D eigenvalue weighted by Crippen LogP contribution is -2.27. The summed E-state index contributed by atoms with van der Waals surface area (Å²) in [5, 5.41) is 1.76. The van der Waals surface area contributed by atoms with Gasteiger partial charge in [0, 0.05) is 12.6 Å². The number of nitrogens with zero attached hydrogens (tertiary/aromatic N) is 1. The quantitative estimate of drug-likeness (QED) is 0.720. The number of benzene rings is 1. The number of rotatable bonds is 1. The van der Waals surface area contributed by atoms with Crippen LogP contribution in [0.4, 0.5) is 5.69 Å². The molecule has 1 aromatic rings. The van der Waals surface area contributed by atoms with Gasteiger partial charge in [-0.05, 0) is 18.1 Å². The van der Waals surface area contributed by atoms with E-state index in [1.54, 1.807) is 12.1 Å². The molecule has 0 saturated heterocycles. The lowest BCUT2D eigenvalue weighted by atomic mass is 10.1. The van der Waals surface area contributed by atoms with E-state index in [0.29, 0.717) is 0 Å². The zero-order valence-electron chi connectivity index (χ0n) is 9.79. The average molecular weight is 208 g/mol. The molecule has 0 fully saturated rings. The number of anilines is 1. The second kappa shape index (κ2) is 5.61. The first kappa shape index (κ1) is 11.9. The van der Waals surface area contributed by atoms with E-state index in [1.807, 2.05) is 12.1 Å². The van der Waals surface area contributed by atoms with E-state index in [-0.39, 0.29) is 0 Å². The Hall–Kier alpha value is -1.22. The minimum atomic E-state index is 0.867. The molecule has 1 aliphatic heterocycles. The molecule has 0 atom stereocenters. The number of fused-ring (bicyclic) bond motifs is 1. The summed E-state index contributed by atoms with van der Waals surface area (Å²) in [4.78, 5) is 0. The second-order valence-corrected chi connectivity index (χ2v) is 3.65. The van der Waals surface area contributed by atoms with Gasteiger partial charge in [-0.1, -0.05) is 26.3 Å². The molecule has 0 amide bonds. The summed E-state index contributed by atoms with van der Waals surface area (Å²) in [5.74, 6) is 6.61. The number of hydrazine groups is 1. The summed E-state index contributed by atoms with van der Waals surface area (Å²) in [7, 11) is 1.66. The summed E-state index contributed by atoms with van der Waals surface area (Å²) in [6, 6.07) is 6.02. The van der Waals surface area contributed by atoms with Crippen molar-refractivity contribution in [2.24, 2.45) is 5.84 Å². The third-order valence-electron chi connectivity index (χ3n) is 2.22. The van der Waals surface area contributed by atoms with Crippen molar-refractivity contribution >= 4 is 5.69 Å². The number of methoxy groups -OCH3 is 1. The van der Waals surface area contributed by atoms with Crippen molar-refractivity contribution in [2.75, 3.05) is 18.7 Å². The van der Waals surface area contributed by atoms with Crippen molar-refractivity contribution in [3.8, 4) is 5.75 Å². The van der Waals surface area contributed by atoms with E-state index in [1.165, 1.54) is 12.0 Å². The van der Waals surface area contributed by atoms with Crippen LogP contribution in [0.2, 0.25) is 0 Å². The van der Waals surface area contributed by atoms with Crippen LogP contribution in [-0.2, 0) is 6.42 Å². The van der Waals surface area contributed by atoms with E-state index >= 15 is 0 Å². The Morgan fingerprint density at radius 2 is 2.07 bits per heavy atom. The van der Waals surface area contributed by atoms with E-state index < -0.39 is 0 Å². The monoisotopic (exact) mass is 208 g/mol. The van der Waals surface area contributed by atoms with Crippen LogP contribution in [0, 0.1) is 0 Å². The molecule has 0 aromatic heterocycles. The minimum absolute atomic E-state index is 0.867. The number of nitrogens with two attached hydrogens (primary N) is 1. The molecule has 0 saturated carbocycles. The lowest BCUT2D eigenvalue weighted by molar-refractivity contribution is 0.415. The Labute approximate surface area is 91.8 Å². The molecule has 3 heteroatoms. The van der Waals surface area contributed by atoms with Gasteiger partial charge >= 0.3 is 0 Å². The topological polar surface area (TPSA) is 38.5 Å². The van der Waals surface area contributed by atoms with Gasteiger partial charge in [-0.3, -0.25) is 0 Å². The Balaban J connectivity index is 0.000000337. The van der Waals surface area contributed by atoms with Gasteiger partial charge in [-0.2, -0.15) is 0 Å². The van der Waals surface area contributed by atoms with Crippen molar-refractivity contribution in [3.63, 3.8) is 0 Å². The van der Waals surface area contributed by atoms with Crippen LogP contribution in [0.15, 0.2) is 18.2 Å². The van der Waals surface area contributed by atoms with E-state index in [2.05, 4.69) is 19.9 Å². The zero-order chi connectivity index (χ0) is 11.3. The maximum absolute atomic E-state index is 5.75. The fourth-order valence-electron chi connectivity index (χ4n) is 1.51. The minimum Gasteiger partial charge on any atom is -0.497 e. The Kier molecular flexibility index (Phi) is 4.43. The first-order chi connectivity index (χ1) is 7.22. The molecule has 0 bridgehead atoms. The van der Waals surface area contributed by atoms with Crippen molar-refractivity contribution < 1.29 is 4.74 Å². The summed E-state index contributed by atoms with van der Waals surface area (Å²) in [6.07, 6.45) is 2.29. The molecule has 1 heterocycles. The fraction of sp³-hybridized carbons (Fsp3) is 0.500. The normalized spacial score (nSPS) is 12.9. The molecular weight excluding hydrogens is 188 g/mol. The van der Waals surface area contributed by atoms with Crippen LogP contribution in [0.5, 0.6) is 5.75 Å². The third-order valence-corrected chi connectivity index (χ3v) is 2.22. The Morgan fingerprint density at radius 3 is 2.67 bits per heavy atom. The SMILES string of the molecule is CCC.COc1ccc2c(c1)N(N)CC2. The zero-order valence-corrected chi connectivity index (χ0v) is 9.79. The van der Waals surface area contributed by atoms with Crippen LogP contribution in [0.1, 0.15) is 25.8 Å². The van der Waals surface area contributed by atoms with Crippen LogP contribution < -0.4 is 15.6 Å². The summed E-state index contributed by atoms with van der Waals surface area (Å²) in [5.41, 5.74) is 2.40. The van der Waals surface area contributed by atoms with Crippen molar-refractivity contribution in [1.29, 1.82) is 0 Å². The largest absolute Gasteiger partial charge is 0.497 e. The molecule has 2 rings (SSSR count). The maximum atomic E-state index is 5.75. The van der Waals surface area contributed by atoms with Gasteiger partial charge in [0.15, 0.2) is 0 Å². The fourth-order valence-corrected chi connectivity index (χ4v) is 1.51. The van der Waals surface area contributed by atoms with E-state index in [9.17, 15) is 0 Å². The van der Waals surface area contributed by atoms with Crippen LogP contribution in [0.3, 0.4) is 0 Å². The first-order valence-electron chi connectivity index (χ1n) is 5.42. The van der Waals surface area contributed by atoms with Crippen molar-refractivity contribution in [1.82, 2.24) is 0 Å². The molecule has 15 heavy (non-hydrogen) atoms. The highest BCUT2D eigenvalue weighted by Crippen LogP contribution is 2.29. The molecular formula is C12H20N2O. The van der Waals surface area contributed by atoms with Gasteiger partial charge in [0.05, 0.1) is 12.8 Å². The average Bonchev–Trinajstić information content (AvgIpc) is 2.61. The predicted octanol–water partition coefficient (Wildman–Crippen LogP) is 2.35. The molecule has 0 aliphatic carbocycles. The predicted molar refractivity (Wildman–Crippen MR) is 64.2 cm³/mol. The summed E-state index contributed by atoms with van der Waals surface area (Å²) < 4.78 is 5.11. The molecule has 1 aromatic carbocycles. The molecule has 1 aliphatic rings. The molecule has 3 nitrogen and oxygen atoms in total. The van der Waals surface area contributed by atoms with Gasteiger partial charge < -0.3 is 9.75 Å². The molecule has 0 radical (unpaired) electrons. The first-order valence-corrected chi connectivity index (χ1v) is 5.42. The van der Waals surface area contributed by atoms with Crippen molar-refractivity contribution in [2.45, 2.75) is 26.7 Å². The van der Waals surface area contributed by atoms with Gasteiger partial charge in [0.2, 0.25) is 0 Å². The van der Waals surface area contributed by atoms with Gasteiger partial charge in [0.25, 0.3) is 0 Å². The number of ether oxygens (including phenoxy) is 1. The molecule has 84 valence electrons. The molecule has 0 spiro atoms. The second-order valence-electron chi connectivity index (χ2n) is 3.65. The number of hydrogen-bond donors (Lipinski definition) is 1. The maximum Gasteiger partial charge on any atom is 0.120 e. The highest BCUT2D eigenvalue weighted by atomic mass is 16.5. The van der Waals surface area contributed by atoms with Gasteiger partial charge in [0.1, 0.15) is 5.75 Å². The Bertz CT molecular complexity index is 312. The van der Waals surface area contributed by atoms with Gasteiger partial charge in [-0.15, -0.1) is 0 Å². The number of hydrogen-bond acceptors (Lipinski definition) is 3. The van der Waals surface area contributed by atoms with Crippen LogP contribution in [0.25, 0.3) is 0 Å².